The normalized spacial score (nSPS) is 12.2. The Kier molecular flexibility index (Phi) is 7.72. The summed E-state index contributed by atoms with van der Waals surface area (Å²) in [6, 6.07) is 24.4. The van der Waals surface area contributed by atoms with Crippen molar-refractivity contribution in [2.24, 2.45) is 0 Å². The van der Waals surface area contributed by atoms with E-state index in [0.717, 1.165) is 9.13 Å². The van der Waals surface area contributed by atoms with E-state index in [0.29, 0.717) is 17.8 Å². The third kappa shape index (κ3) is 6.54. The van der Waals surface area contributed by atoms with Crippen LogP contribution >= 0.6 is 22.6 Å². The van der Waals surface area contributed by atoms with E-state index >= 15 is 0 Å². The average molecular weight is 548 g/mol. The number of carbonyl (C=O) groups excluding carboxylic acids is 1. The Morgan fingerprint density at radius 3 is 2.16 bits per heavy atom. The third-order valence-corrected chi connectivity index (χ3v) is 6.85. The van der Waals surface area contributed by atoms with Crippen LogP contribution in [0, 0.1) is 3.57 Å². The fourth-order valence-electron chi connectivity index (χ4n) is 3.18. The summed E-state index contributed by atoms with van der Waals surface area (Å²) in [4.78, 5) is 12.5. The summed E-state index contributed by atoms with van der Waals surface area (Å²) in [6.45, 7) is 2.81. The Morgan fingerprint density at radius 2 is 1.58 bits per heavy atom. The maximum atomic E-state index is 12.5. The lowest BCUT2D eigenvalue weighted by Crippen LogP contribution is -2.29. The van der Waals surface area contributed by atoms with Crippen molar-refractivity contribution in [2.45, 2.75) is 19.4 Å². The van der Waals surface area contributed by atoms with Gasteiger partial charge in [-0.1, -0.05) is 49.4 Å². The van der Waals surface area contributed by atoms with Gasteiger partial charge in [0, 0.05) is 15.7 Å². The van der Waals surface area contributed by atoms with E-state index in [9.17, 15) is 13.2 Å². The number of rotatable bonds is 8. The smallest absolute Gasteiger partial charge is 0.251 e. The van der Waals surface area contributed by atoms with E-state index in [1.807, 2.05) is 42.5 Å². The number of nitrogens with zero attached hydrogens (tertiary/aromatic N) is 1. The lowest BCUT2D eigenvalue weighted by molar-refractivity contribution is 0.0951. The highest BCUT2D eigenvalue weighted by molar-refractivity contribution is 14.1. The van der Waals surface area contributed by atoms with Gasteiger partial charge in [0.1, 0.15) is 0 Å². The van der Waals surface area contributed by atoms with Crippen molar-refractivity contribution >= 4 is 44.2 Å². The first kappa shape index (κ1) is 23.3. The van der Waals surface area contributed by atoms with Gasteiger partial charge < -0.3 is 5.32 Å². The van der Waals surface area contributed by atoms with Gasteiger partial charge in [-0.05, 0) is 76.0 Å². The van der Waals surface area contributed by atoms with Gasteiger partial charge in [-0.15, -0.1) is 0 Å². The summed E-state index contributed by atoms with van der Waals surface area (Å²) in [5, 5.41) is 2.97. The minimum absolute atomic E-state index is 0.146. The van der Waals surface area contributed by atoms with Gasteiger partial charge >= 0.3 is 0 Å². The lowest BCUT2D eigenvalue weighted by atomic mass is 10.0. The molecule has 162 valence electrons. The third-order valence-electron chi connectivity index (χ3n) is 4.99. The Bertz CT molecular complexity index is 1120. The van der Waals surface area contributed by atoms with Crippen LogP contribution in [0.4, 0.5) is 5.69 Å². The standard InChI is InChI=1S/C24H25IN2O3S/c1-18(20-6-4-3-5-7-20)16-26-24(28)21-10-8-19(9-11-21)17-27(31(2,29)30)23-14-12-22(25)13-15-23/h3-15,18H,16-17H2,1-2H3,(H,26,28). The monoisotopic (exact) mass is 548 g/mol. The van der Waals surface area contributed by atoms with Crippen molar-refractivity contribution in [3.63, 3.8) is 0 Å². The van der Waals surface area contributed by atoms with Gasteiger partial charge in [0.15, 0.2) is 0 Å². The second-order valence-electron chi connectivity index (χ2n) is 7.46. The fraction of sp³-hybridized carbons (Fsp3) is 0.208. The highest BCUT2D eigenvalue weighted by Gasteiger charge is 2.18. The van der Waals surface area contributed by atoms with Crippen LogP contribution in [0.2, 0.25) is 0 Å². The highest BCUT2D eigenvalue weighted by Crippen LogP contribution is 2.22. The number of carbonyl (C=O) groups is 1. The second kappa shape index (κ2) is 10.3. The van der Waals surface area contributed by atoms with Crippen LogP contribution < -0.4 is 9.62 Å². The molecular weight excluding hydrogens is 523 g/mol. The first-order chi connectivity index (χ1) is 14.7. The first-order valence-corrected chi connectivity index (χ1v) is 12.8. The summed E-state index contributed by atoms with van der Waals surface area (Å²) in [5.74, 6) is 0.0635. The number of hydrogen-bond donors (Lipinski definition) is 1. The summed E-state index contributed by atoms with van der Waals surface area (Å²) in [5.41, 5.74) is 3.14. The molecule has 0 saturated heterocycles. The van der Waals surface area contributed by atoms with Gasteiger partial charge in [0.05, 0.1) is 18.5 Å². The molecular formula is C24H25IN2O3S. The van der Waals surface area contributed by atoms with Gasteiger partial charge in [-0.2, -0.15) is 0 Å². The molecule has 1 atom stereocenters. The summed E-state index contributed by atoms with van der Waals surface area (Å²) >= 11 is 2.18. The molecule has 0 fully saturated rings. The number of anilines is 1. The van der Waals surface area contributed by atoms with Crippen molar-refractivity contribution < 1.29 is 13.2 Å². The minimum atomic E-state index is -3.45. The number of nitrogens with one attached hydrogen (secondary N) is 1. The Labute approximate surface area is 197 Å². The van der Waals surface area contributed by atoms with Crippen LogP contribution in [-0.2, 0) is 16.6 Å². The fourth-order valence-corrected chi connectivity index (χ4v) is 4.43. The van der Waals surface area contributed by atoms with Crippen LogP contribution in [0.5, 0.6) is 0 Å². The van der Waals surface area contributed by atoms with Gasteiger partial charge in [-0.25, -0.2) is 8.42 Å². The quantitative estimate of drug-likeness (QED) is 0.412. The molecule has 0 bridgehead atoms. The number of sulfonamides is 1. The van der Waals surface area contributed by atoms with E-state index < -0.39 is 10.0 Å². The highest BCUT2D eigenvalue weighted by atomic mass is 127. The van der Waals surface area contributed by atoms with Crippen LogP contribution in [0.1, 0.15) is 34.3 Å². The molecule has 5 nitrogen and oxygen atoms in total. The molecule has 0 aliphatic heterocycles. The molecule has 0 aliphatic rings. The molecule has 7 heteroatoms. The Hall–Kier alpha value is -2.39. The SMILES string of the molecule is CC(CNC(=O)c1ccc(CN(c2ccc(I)cc2)S(C)(=O)=O)cc1)c1ccccc1. The molecule has 0 saturated carbocycles. The molecule has 1 N–H and O–H groups in total. The number of amides is 1. The first-order valence-electron chi connectivity index (χ1n) is 9.89. The molecule has 1 unspecified atom stereocenters. The van der Waals surface area contributed by atoms with E-state index in [1.54, 1.807) is 36.4 Å². The summed E-state index contributed by atoms with van der Waals surface area (Å²) in [6.07, 6.45) is 1.20. The minimum Gasteiger partial charge on any atom is -0.351 e. The van der Waals surface area contributed by atoms with Crippen molar-refractivity contribution in [2.75, 3.05) is 17.1 Å². The predicted octanol–water partition coefficient (Wildman–Crippen LogP) is 4.79. The maximum Gasteiger partial charge on any atom is 0.251 e. The van der Waals surface area contributed by atoms with Crippen molar-refractivity contribution in [3.8, 4) is 0 Å². The van der Waals surface area contributed by atoms with E-state index in [2.05, 4.69) is 34.8 Å². The molecule has 0 aromatic heterocycles. The largest absolute Gasteiger partial charge is 0.351 e. The molecule has 1 amide bonds. The molecule has 0 aliphatic carbocycles. The maximum absolute atomic E-state index is 12.5. The van der Waals surface area contributed by atoms with Crippen molar-refractivity contribution in [1.82, 2.24) is 5.32 Å². The lowest BCUT2D eigenvalue weighted by Gasteiger charge is -2.22. The van der Waals surface area contributed by atoms with E-state index in [-0.39, 0.29) is 18.4 Å². The van der Waals surface area contributed by atoms with Gasteiger partial charge in [-0.3, -0.25) is 9.10 Å². The summed E-state index contributed by atoms with van der Waals surface area (Å²) < 4.78 is 27.0. The Morgan fingerprint density at radius 1 is 0.968 bits per heavy atom. The number of halogens is 1. The van der Waals surface area contributed by atoms with E-state index in [4.69, 9.17) is 0 Å². The number of benzene rings is 3. The molecule has 3 aromatic carbocycles. The number of hydrogen-bond acceptors (Lipinski definition) is 3. The Balaban J connectivity index is 1.65. The van der Waals surface area contributed by atoms with Crippen molar-refractivity contribution in [3.05, 3.63) is 99.1 Å². The van der Waals surface area contributed by atoms with Crippen LogP contribution in [0.25, 0.3) is 0 Å². The van der Waals surface area contributed by atoms with Crippen LogP contribution in [0.3, 0.4) is 0 Å². The van der Waals surface area contributed by atoms with E-state index in [1.165, 1.54) is 16.1 Å². The molecule has 0 spiro atoms. The molecule has 3 rings (SSSR count). The zero-order chi connectivity index (χ0) is 22.4. The topological polar surface area (TPSA) is 66.5 Å². The zero-order valence-electron chi connectivity index (χ0n) is 17.5. The average Bonchev–Trinajstić information content (AvgIpc) is 2.76. The molecule has 0 heterocycles. The molecule has 3 aromatic rings. The molecule has 31 heavy (non-hydrogen) atoms. The van der Waals surface area contributed by atoms with Crippen molar-refractivity contribution in [1.29, 1.82) is 0 Å². The molecule has 0 radical (unpaired) electrons. The predicted molar refractivity (Wildman–Crippen MR) is 134 cm³/mol. The van der Waals surface area contributed by atoms with Crippen LogP contribution in [-0.4, -0.2) is 27.1 Å². The second-order valence-corrected chi connectivity index (χ2v) is 10.6. The van der Waals surface area contributed by atoms with Crippen LogP contribution in [0.15, 0.2) is 78.9 Å². The summed E-state index contributed by atoms with van der Waals surface area (Å²) in [7, 11) is -3.45. The van der Waals surface area contributed by atoms with Gasteiger partial charge in [0.25, 0.3) is 5.91 Å². The van der Waals surface area contributed by atoms with Gasteiger partial charge in [0.2, 0.25) is 10.0 Å². The zero-order valence-corrected chi connectivity index (χ0v) is 20.4.